The maximum absolute atomic E-state index is 11.6. The molecule has 1 rings (SSSR count). The molecule has 0 bridgehead atoms. The fourth-order valence-corrected chi connectivity index (χ4v) is 1.59. The van der Waals surface area contributed by atoms with Gasteiger partial charge in [0.15, 0.2) is 5.75 Å². The van der Waals surface area contributed by atoms with E-state index >= 15 is 0 Å². The highest BCUT2D eigenvalue weighted by Gasteiger charge is 2.25. The summed E-state index contributed by atoms with van der Waals surface area (Å²) in [6.07, 6.45) is 1.46. The van der Waals surface area contributed by atoms with E-state index in [1.165, 1.54) is 13.3 Å². The molecule has 0 aromatic carbocycles. The van der Waals surface area contributed by atoms with E-state index in [4.69, 9.17) is 9.84 Å². The molecule has 1 atom stereocenters. The topological polar surface area (TPSA) is 68.5 Å². The first-order valence-corrected chi connectivity index (χ1v) is 5.72. The molecule has 1 aromatic rings. The van der Waals surface area contributed by atoms with Crippen molar-refractivity contribution in [3.8, 4) is 5.75 Å². The van der Waals surface area contributed by atoms with E-state index in [9.17, 15) is 9.59 Å². The second-order valence-corrected chi connectivity index (χ2v) is 5.35. The number of nitrogens with zero attached hydrogens (tertiary/aromatic N) is 1. The van der Waals surface area contributed by atoms with Gasteiger partial charge in [0, 0.05) is 12.1 Å². The van der Waals surface area contributed by atoms with Gasteiger partial charge in [-0.3, -0.25) is 4.79 Å². The lowest BCUT2D eigenvalue weighted by Gasteiger charge is -2.31. The van der Waals surface area contributed by atoms with E-state index in [1.54, 1.807) is 4.57 Å². The molecule has 5 heteroatoms. The minimum atomic E-state index is -1.12. The molecule has 0 saturated carbocycles. The number of ether oxygens (including phenoxy) is 1. The fraction of sp³-hybridized carbons (Fsp3) is 0.538. The quantitative estimate of drug-likeness (QED) is 0.896. The van der Waals surface area contributed by atoms with Crippen LogP contribution in [-0.2, 0) is 0 Å². The second-order valence-electron chi connectivity index (χ2n) is 5.35. The molecule has 0 aliphatic carbocycles. The van der Waals surface area contributed by atoms with E-state index in [-0.39, 0.29) is 22.9 Å². The maximum Gasteiger partial charge on any atom is 0.352 e. The lowest BCUT2D eigenvalue weighted by molar-refractivity contribution is 0.0676. The number of rotatable bonds is 3. The monoisotopic (exact) mass is 253 g/mol. The molecule has 1 heterocycles. The number of pyridine rings is 1. The number of hydrogen-bond donors (Lipinski definition) is 1. The van der Waals surface area contributed by atoms with E-state index in [0.29, 0.717) is 0 Å². The van der Waals surface area contributed by atoms with Gasteiger partial charge in [-0.05, 0) is 12.3 Å². The first kappa shape index (κ1) is 14.3. The van der Waals surface area contributed by atoms with Gasteiger partial charge in [-0.1, -0.05) is 20.8 Å². The van der Waals surface area contributed by atoms with Crippen molar-refractivity contribution in [3.63, 3.8) is 0 Å². The van der Waals surface area contributed by atoms with Gasteiger partial charge in [0.2, 0.25) is 5.43 Å². The zero-order chi connectivity index (χ0) is 14.1. The van der Waals surface area contributed by atoms with Crippen LogP contribution in [0, 0.1) is 5.41 Å². The first-order chi connectivity index (χ1) is 8.18. The molecular weight excluding hydrogens is 234 g/mol. The number of methoxy groups -OCH3 is 1. The molecule has 5 nitrogen and oxygen atoms in total. The van der Waals surface area contributed by atoms with Gasteiger partial charge < -0.3 is 14.4 Å². The highest BCUT2D eigenvalue weighted by atomic mass is 16.5. The van der Waals surface area contributed by atoms with Gasteiger partial charge in [0.05, 0.1) is 13.3 Å². The van der Waals surface area contributed by atoms with Crippen LogP contribution in [0.1, 0.15) is 44.2 Å². The summed E-state index contributed by atoms with van der Waals surface area (Å²) in [4.78, 5) is 22.8. The van der Waals surface area contributed by atoms with Crippen molar-refractivity contribution < 1.29 is 14.6 Å². The average molecular weight is 253 g/mol. The van der Waals surface area contributed by atoms with Crippen LogP contribution in [0.4, 0.5) is 0 Å². The van der Waals surface area contributed by atoms with Gasteiger partial charge in [-0.2, -0.15) is 0 Å². The molecule has 0 amide bonds. The molecule has 0 spiro atoms. The minimum absolute atomic E-state index is 0.0248. The molecule has 1 unspecified atom stereocenters. The van der Waals surface area contributed by atoms with Gasteiger partial charge in [-0.25, -0.2) is 4.79 Å². The van der Waals surface area contributed by atoms with Crippen LogP contribution in [-0.4, -0.2) is 22.8 Å². The van der Waals surface area contributed by atoms with E-state index in [0.717, 1.165) is 6.07 Å². The predicted octanol–water partition coefficient (Wildman–Crippen LogP) is 2.16. The van der Waals surface area contributed by atoms with Gasteiger partial charge in [-0.15, -0.1) is 0 Å². The third kappa shape index (κ3) is 2.72. The Labute approximate surface area is 106 Å². The average Bonchev–Trinajstić information content (AvgIpc) is 2.26. The Bertz CT molecular complexity index is 511. The number of aromatic carboxylic acids is 1. The minimum Gasteiger partial charge on any atom is -0.491 e. The van der Waals surface area contributed by atoms with Crippen LogP contribution in [0.2, 0.25) is 0 Å². The van der Waals surface area contributed by atoms with E-state index < -0.39 is 11.4 Å². The highest BCUT2D eigenvalue weighted by molar-refractivity contribution is 5.85. The second kappa shape index (κ2) is 4.84. The Morgan fingerprint density at radius 1 is 1.44 bits per heavy atom. The summed E-state index contributed by atoms with van der Waals surface area (Å²) in [5.74, 6) is -0.970. The largest absolute Gasteiger partial charge is 0.491 e. The Morgan fingerprint density at radius 2 is 2.00 bits per heavy atom. The molecule has 0 radical (unpaired) electrons. The molecule has 0 aliphatic rings. The zero-order valence-corrected chi connectivity index (χ0v) is 11.4. The van der Waals surface area contributed by atoms with Gasteiger partial charge >= 0.3 is 5.97 Å². The number of carboxylic acid groups (broad SMARTS) is 1. The van der Waals surface area contributed by atoms with Gasteiger partial charge in [0.25, 0.3) is 0 Å². The van der Waals surface area contributed by atoms with E-state index in [2.05, 4.69) is 0 Å². The van der Waals surface area contributed by atoms with Crippen LogP contribution in [0.3, 0.4) is 0 Å². The summed E-state index contributed by atoms with van der Waals surface area (Å²) in [6.45, 7) is 7.94. The van der Waals surface area contributed by atoms with Crippen LogP contribution in [0.15, 0.2) is 17.1 Å². The van der Waals surface area contributed by atoms with Crippen molar-refractivity contribution >= 4 is 5.97 Å². The summed E-state index contributed by atoms with van der Waals surface area (Å²) < 4.78 is 6.53. The number of aromatic nitrogens is 1. The lowest BCUT2D eigenvalue weighted by atomic mass is 9.87. The van der Waals surface area contributed by atoms with Crippen molar-refractivity contribution in [2.45, 2.75) is 33.7 Å². The Hall–Kier alpha value is -1.78. The summed E-state index contributed by atoms with van der Waals surface area (Å²) in [5.41, 5.74) is -0.583. The Balaban J connectivity index is 3.49. The third-order valence-electron chi connectivity index (χ3n) is 3.15. The van der Waals surface area contributed by atoms with Crippen molar-refractivity contribution in [1.29, 1.82) is 0 Å². The smallest absolute Gasteiger partial charge is 0.352 e. The Kier molecular flexibility index (Phi) is 3.84. The molecule has 100 valence electrons. The molecule has 18 heavy (non-hydrogen) atoms. The number of hydrogen-bond acceptors (Lipinski definition) is 3. The molecule has 0 saturated heterocycles. The van der Waals surface area contributed by atoms with Crippen molar-refractivity contribution in [2.75, 3.05) is 7.11 Å². The zero-order valence-electron chi connectivity index (χ0n) is 11.4. The maximum atomic E-state index is 11.6. The molecule has 1 N–H and O–H groups in total. The standard InChI is InChI=1S/C13H19NO4/c1-8(13(2,3)4)14-7-11(18-5)10(15)6-9(14)12(16)17/h6-8H,1-5H3,(H,16,17). The van der Waals surface area contributed by atoms with E-state index in [1.807, 2.05) is 27.7 Å². The molecule has 0 fully saturated rings. The lowest BCUT2D eigenvalue weighted by Crippen LogP contribution is -2.27. The molecule has 1 aromatic heterocycles. The van der Waals surface area contributed by atoms with Crippen molar-refractivity contribution in [3.05, 3.63) is 28.2 Å². The van der Waals surface area contributed by atoms with Crippen molar-refractivity contribution in [1.82, 2.24) is 4.57 Å². The summed E-state index contributed by atoms with van der Waals surface area (Å²) in [5, 5.41) is 9.17. The third-order valence-corrected chi connectivity index (χ3v) is 3.15. The van der Waals surface area contributed by atoms with Crippen molar-refractivity contribution in [2.24, 2.45) is 5.41 Å². The highest BCUT2D eigenvalue weighted by Crippen LogP contribution is 2.31. The fourth-order valence-electron chi connectivity index (χ4n) is 1.59. The summed E-state index contributed by atoms with van der Waals surface area (Å²) in [6, 6.07) is 1.02. The first-order valence-electron chi connectivity index (χ1n) is 5.72. The summed E-state index contributed by atoms with van der Waals surface area (Å²) >= 11 is 0. The van der Waals surface area contributed by atoms with Crippen LogP contribution in [0.25, 0.3) is 0 Å². The van der Waals surface area contributed by atoms with Gasteiger partial charge in [0.1, 0.15) is 5.69 Å². The predicted molar refractivity (Wildman–Crippen MR) is 68.4 cm³/mol. The number of carboxylic acids is 1. The molecular formula is C13H19NO4. The Morgan fingerprint density at radius 3 is 2.39 bits per heavy atom. The van der Waals surface area contributed by atoms with Crippen LogP contribution in [0.5, 0.6) is 5.75 Å². The normalized spacial score (nSPS) is 13.2. The van der Waals surface area contributed by atoms with Crippen LogP contribution >= 0.6 is 0 Å². The van der Waals surface area contributed by atoms with Crippen LogP contribution < -0.4 is 10.2 Å². The SMILES string of the molecule is COc1cn(C(C)C(C)(C)C)c(C(=O)O)cc1=O. The molecule has 0 aliphatic heterocycles. The number of carbonyl (C=O) groups is 1. The summed E-state index contributed by atoms with van der Waals surface area (Å²) in [7, 11) is 1.39.